The number of ether oxygens (including phenoxy) is 2. The first kappa shape index (κ1) is 20.4. The lowest BCUT2D eigenvalue weighted by Crippen LogP contribution is -2.27. The molecule has 2 aromatic rings. The smallest absolute Gasteiger partial charge is 0.308 e. The molecule has 1 N–H and O–H groups in total. The number of carbonyl (C=O) groups excluding carboxylic acids is 3. The van der Waals surface area contributed by atoms with Gasteiger partial charge >= 0.3 is 5.97 Å². The van der Waals surface area contributed by atoms with Crippen LogP contribution in [0.15, 0.2) is 42.5 Å². The number of hydrogen-bond donors (Lipinski definition) is 1. The molecule has 0 aliphatic carbocycles. The van der Waals surface area contributed by atoms with Gasteiger partial charge < -0.3 is 14.8 Å². The van der Waals surface area contributed by atoms with Gasteiger partial charge in [-0.2, -0.15) is 0 Å². The van der Waals surface area contributed by atoms with Crippen molar-refractivity contribution in [3.63, 3.8) is 0 Å². The number of nitrogens with one attached hydrogen (secondary N) is 1. The number of halogens is 2. The van der Waals surface area contributed by atoms with Crippen molar-refractivity contribution in [1.29, 1.82) is 0 Å². The molecule has 2 aromatic carbocycles. The van der Waals surface area contributed by atoms with Gasteiger partial charge in [-0.3, -0.25) is 14.4 Å². The number of hydrogen-bond acceptors (Lipinski definition) is 5. The van der Waals surface area contributed by atoms with Gasteiger partial charge in [0.1, 0.15) is 0 Å². The first-order chi connectivity index (χ1) is 12.9. The minimum absolute atomic E-state index is 0.0139. The minimum atomic E-state index is -0.681. The maximum atomic E-state index is 13.6. The van der Waals surface area contributed by atoms with E-state index >= 15 is 0 Å². The zero-order chi connectivity index (χ0) is 19.8. The predicted octanol–water partition coefficient (Wildman–Crippen LogP) is 3.03. The molecule has 0 aromatic heterocycles. The Bertz CT molecular complexity index is 838. The highest BCUT2D eigenvalue weighted by atomic mass is 35.5. The molecule has 2 rings (SSSR count). The molecule has 0 heterocycles. The van der Waals surface area contributed by atoms with E-state index in [0.717, 1.165) is 6.07 Å². The van der Waals surface area contributed by atoms with Gasteiger partial charge in [0.25, 0.3) is 5.91 Å². The zero-order valence-electron chi connectivity index (χ0n) is 14.5. The summed E-state index contributed by atoms with van der Waals surface area (Å²) in [5, 5.41) is 3.07. The van der Waals surface area contributed by atoms with Crippen molar-refractivity contribution in [3.8, 4) is 5.75 Å². The van der Waals surface area contributed by atoms with Crippen LogP contribution in [0.3, 0.4) is 0 Å². The minimum Gasteiger partial charge on any atom is -0.494 e. The van der Waals surface area contributed by atoms with Crippen LogP contribution in [0.4, 0.5) is 4.39 Å². The summed E-state index contributed by atoms with van der Waals surface area (Å²) >= 11 is 5.74. The summed E-state index contributed by atoms with van der Waals surface area (Å²) in [5.74, 6) is -2.23. The van der Waals surface area contributed by atoms with Crippen LogP contribution in [0, 0.1) is 5.82 Å². The van der Waals surface area contributed by atoms with E-state index in [9.17, 15) is 18.8 Å². The molecule has 0 radical (unpaired) electrons. The third-order valence-corrected chi connectivity index (χ3v) is 3.81. The van der Waals surface area contributed by atoms with Crippen molar-refractivity contribution in [1.82, 2.24) is 5.32 Å². The van der Waals surface area contributed by atoms with E-state index in [4.69, 9.17) is 21.1 Å². The van der Waals surface area contributed by atoms with E-state index < -0.39 is 24.2 Å². The van der Waals surface area contributed by atoms with Crippen molar-refractivity contribution in [3.05, 3.63) is 64.4 Å². The van der Waals surface area contributed by atoms with Crippen LogP contribution < -0.4 is 10.1 Å². The maximum Gasteiger partial charge on any atom is 0.308 e. The molecule has 6 nitrogen and oxygen atoms in total. The second-order valence-corrected chi connectivity index (χ2v) is 5.88. The molecule has 0 saturated carbocycles. The summed E-state index contributed by atoms with van der Waals surface area (Å²) < 4.78 is 23.2. The van der Waals surface area contributed by atoms with Crippen molar-refractivity contribution >= 4 is 29.3 Å². The summed E-state index contributed by atoms with van der Waals surface area (Å²) in [6.45, 7) is -0.471. The second kappa shape index (κ2) is 9.68. The number of methoxy groups -OCH3 is 1. The van der Waals surface area contributed by atoms with Crippen LogP contribution in [0.2, 0.25) is 5.02 Å². The number of carbonyl (C=O) groups is 3. The van der Waals surface area contributed by atoms with E-state index in [1.807, 2.05) is 0 Å². The van der Waals surface area contributed by atoms with Crippen LogP contribution >= 0.6 is 11.6 Å². The highest BCUT2D eigenvalue weighted by molar-refractivity contribution is 6.30. The van der Waals surface area contributed by atoms with Crippen molar-refractivity contribution in [2.24, 2.45) is 0 Å². The quantitative estimate of drug-likeness (QED) is 0.550. The summed E-state index contributed by atoms with van der Waals surface area (Å²) in [6.07, 6.45) is -0.108. The molecule has 0 atom stereocenters. The molecule has 8 heteroatoms. The number of rotatable bonds is 8. The number of benzene rings is 2. The van der Waals surface area contributed by atoms with Crippen LogP contribution in [0.25, 0.3) is 0 Å². The zero-order valence-corrected chi connectivity index (χ0v) is 15.2. The van der Waals surface area contributed by atoms with Gasteiger partial charge in [0.05, 0.1) is 13.5 Å². The Balaban J connectivity index is 1.74. The van der Waals surface area contributed by atoms with Crippen LogP contribution in [-0.4, -0.2) is 37.9 Å². The summed E-state index contributed by atoms with van der Waals surface area (Å²) in [6, 6.07) is 9.99. The Kier molecular flexibility index (Phi) is 7.31. The molecule has 0 unspecified atom stereocenters. The van der Waals surface area contributed by atoms with Gasteiger partial charge in [0.15, 0.2) is 24.0 Å². The van der Waals surface area contributed by atoms with E-state index in [1.165, 1.54) is 19.2 Å². The third-order valence-electron chi connectivity index (χ3n) is 3.56. The molecular weight excluding hydrogens is 377 g/mol. The van der Waals surface area contributed by atoms with Gasteiger partial charge in [-0.1, -0.05) is 11.6 Å². The highest BCUT2D eigenvalue weighted by Gasteiger charge is 2.13. The Morgan fingerprint density at radius 2 is 1.74 bits per heavy atom. The van der Waals surface area contributed by atoms with Crippen LogP contribution in [0.1, 0.15) is 27.1 Å². The standard InChI is InChI=1S/C19H17ClFNO5/c1-26-17-7-4-13(10-15(17)21)16(23)11-27-18(24)8-9-22-19(25)12-2-5-14(20)6-3-12/h2-7,10H,8-9,11H2,1H3,(H,22,25). The fourth-order valence-corrected chi connectivity index (χ4v) is 2.25. The topological polar surface area (TPSA) is 81.7 Å². The molecule has 0 spiro atoms. The van der Waals surface area contributed by atoms with Gasteiger partial charge in [0.2, 0.25) is 0 Å². The molecule has 0 fully saturated rings. The SMILES string of the molecule is COc1ccc(C(=O)COC(=O)CCNC(=O)c2ccc(Cl)cc2)cc1F. The van der Waals surface area contributed by atoms with Gasteiger partial charge in [-0.15, -0.1) is 0 Å². The van der Waals surface area contributed by atoms with Crippen molar-refractivity contribution in [2.45, 2.75) is 6.42 Å². The Labute approximate surface area is 160 Å². The van der Waals surface area contributed by atoms with Crippen LogP contribution in [0.5, 0.6) is 5.75 Å². The molecule has 142 valence electrons. The van der Waals surface area contributed by atoms with Crippen molar-refractivity contribution in [2.75, 3.05) is 20.3 Å². The first-order valence-corrected chi connectivity index (χ1v) is 8.34. The van der Waals surface area contributed by atoms with Crippen molar-refractivity contribution < 1.29 is 28.2 Å². The summed E-state index contributed by atoms with van der Waals surface area (Å²) in [4.78, 5) is 35.5. The van der Waals surface area contributed by atoms with E-state index in [1.54, 1.807) is 24.3 Å². The third kappa shape index (κ3) is 6.07. The van der Waals surface area contributed by atoms with Crippen LogP contribution in [-0.2, 0) is 9.53 Å². The number of esters is 1. The lowest BCUT2D eigenvalue weighted by molar-refractivity contribution is -0.142. The summed E-state index contributed by atoms with van der Waals surface area (Å²) in [7, 11) is 1.31. The summed E-state index contributed by atoms with van der Waals surface area (Å²) in [5.41, 5.74) is 0.474. The molecule has 1 amide bonds. The average molecular weight is 394 g/mol. The predicted molar refractivity (Wildman–Crippen MR) is 96.6 cm³/mol. The Morgan fingerprint density at radius 1 is 1.07 bits per heavy atom. The molecule has 0 aliphatic rings. The van der Waals surface area contributed by atoms with Gasteiger partial charge in [-0.25, -0.2) is 4.39 Å². The molecule has 0 aliphatic heterocycles. The molecule has 0 saturated heterocycles. The van der Waals surface area contributed by atoms with Gasteiger partial charge in [0, 0.05) is 22.7 Å². The van der Waals surface area contributed by atoms with E-state index in [2.05, 4.69) is 5.32 Å². The molecular formula is C19H17ClFNO5. The molecule has 27 heavy (non-hydrogen) atoms. The largest absolute Gasteiger partial charge is 0.494 e. The highest BCUT2D eigenvalue weighted by Crippen LogP contribution is 2.18. The van der Waals surface area contributed by atoms with E-state index in [-0.39, 0.29) is 30.2 Å². The normalized spacial score (nSPS) is 10.2. The lowest BCUT2D eigenvalue weighted by atomic mass is 10.1. The molecule has 0 bridgehead atoms. The lowest BCUT2D eigenvalue weighted by Gasteiger charge is -2.07. The fraction of sp³-hybridized carbons (Fsp3) is 0.211. The van der Waals surface area contributed by atoms with E-state index in [0.29, 0.717) is 10.6 Å². The Morgan fingerprint density at radius 3 is 2.37 bits per heavy atom. The maximum absolute atomic E-state index is 13.6. The fourth-order valence-electron chi connectivity index (χ4n) is 2.12. The monoisotopic (exact) mass is 393 g/mol. The Hall–Kier alpha value is -2.93. The van der Waals surface area contributed by atoms with Gasteiger partial charge in [-0.05, 0) is 42.5 Å². The average Bonchev–Trinajstić information content (AvgIpc) is 2.66. The number of ketones is 1. The number of Topliss-reactive ketones (excluding diaryl/α,β-unsaturated/α-hetero) is 1. The first-order valence-electron chi connectivity index (χ1n) is 7.97. The second-order valence-electron chi connectivity index (χ2n) is 5.45. The number of amides is 1.